The van der Waals surface area contributed by atoms with Crippen LogP contribution in [-0.2, 0) is 15.2 Å². The first-order chi connectivity index (χ1) is 18.2. The molecule has 3 heterocycles. The Balaban J connectivity index is 1.32. The number of hydrogen-bond donors (Lipinski definition) is 0. The van der Waals surface area contributed by atoms with Crippen molar-refractivity contribution in [2.75, 3.05) is 0 Å². The highest BCUT2D eigenvalue weighted by atomic mass is 32.1. The first-order valence-corrected chi connectivity index (χ1v) is 13.4. The number of fused-ring (bicyclic) bond motifs is 5. The second-order valence-corrected chi connectivity index (χ2v) is 11.6. The summed E-state index contributed by atoms with van der Waals surface area (Å²) in [4.78, 5) is 61.3. The third-order valence-electron chi connectivity index (χ3n) is 6.75. The number of benzene rings is 2. The van der Waals surface area contributed by atoms with Crippen LogP contribution in [0.5, 0.6) is 5.88 Å². The van der Waals surface area contributed by atoms with Crippen LogP contribution in [0.25, 0.3) is 33.1 Å². The molecule has 0 unspecified atom stereocenters. The number of Topliss-reactive ketones (excluding diaryl/α,β-unsaturated/α-hetero) is 4. The van der Waals surface area contributed by atoms with E-state index in [1.165, 1.54) is 22.7 Å². The molecule has 38 heavy (non-hydrogen) atoms. The molecule has 7 rings (SSSR count). The van der Waals surface area contributed by atoms with Crippen LogP contribution >= 0.6 is 22.7 Å². The molecule has 0 bridgehead atoms. The van der Waals surface area contributed by atoms with Crippen LogP contribution in [0.1, 0.15) is 61.4 Å². The number of ether oxygens (including phenoxy) is 1. The zero-order chi connectivity index (χ0) is 26.3. The van der Waals surface area contributed by atoms with Crippen LogP contribution < -0.4 is 4.74 Å². The summed E-state index contributed by atoms with van der Waals surface area (Å²) in [7, 11) is 0. The van der Waals surface area contributed by atoms with E-state index < -0.39 is 28.7 Å². The fraction of sp³-hybridized carbons (Fsp3) is 0.103. The van der Waals surface area contributed by atoms with Gasteiger partial charge in [-0.15, -0.1) is 22.7 Å². The average molecular weight is 537 g/mol. The van der Waals surface area contributed by atoms with Gasteiger partial charge < -0.3 is 4.74 Å². The fourth-order valence-electron chi connectivity index (χ4n) is 4.95. The predicted molar refractivity (Wildman–Crippen MR) is 144 cm³/mol. The maximum Gasteiger partial charge on any atom is 0.235 e. The standard InChI is InChI=1S/C29H16N2O5S2/c1-29(2)27-25(37-19(30-27)11-17-13-7-3-5-9-15(13)21(32)23(17)34)26-28(36-29)31-20(38-26)12-18-14-8-4-6-10-16(14)22(33)24(18)35/h3-12H,1-2H3/b17-11-,18-12-. The van der Waals surface area contributed by atoms with E-state index in [0.29, 0.717) is 55.0 Å². The highest BCUT2D eigenvalue weighted by Gasteiger charge is 2.40. The van der Waals surface area contributed by atoms with E-state index in [1.807, 2.05) is 13.8 Å². The van der Waals surface area contributed by atoms with Gasteiger partial charge in [0.05, 0.1) is 4.88 Å². The maximum atomic E-state index is 12.7. The SMILES string of the molecule is CC1(C)Oc2nc(/C=C3\C(=O)C(=O)c4ccccc43)sc2-c2sc(/C=C3\C(=O)C(=O)c4ccccc43)nc21. The number of carbonyl (C=O) groups excluding carboxylic acids is 4. The summed E-state index contributed by atoms with van der Waals surface area (Å²) in [6.07, 6.45) is 3.29. The molecule has 0 atom stereocenters. The minimum absolute atomic E-state index is 0.314. The largest absolute Gasteiger partial charge is 0.464 e. The lowest BCUT2D eigenvalue weighted by molar-refractivity contribution is -0.110. The minimum Gasteiger partial charge on any atom is -0.464 e. The molecule has 2 aromatic carbocycles. The Hall–Kier alpha value is -4.34. The van der Waals surface area contributed by atoms with E-state index in [1.54, 1.807) is 60.7 Å². The molecule has 7 nitrogen and oxygen atoms in total. The Kier molecular flexibility index (Phi) is 4.70. The van der Waals surface area contributed by atoms with Crippen molar-refractivity contribution in [1.82, 2.24) is 9.97 Å². The molecule has 2 aliphatic carbocycles. The summed E-state index contributed by atoms with van der Waals surface area (Å²) in [5.74, 6) is -1.71. The smallest absolute Gasteiger partial charge is 0.235 e. The lowest BCUT2D eigenvalue weighted by Crippen LogP contribution is -2.29. The number of hydrogen-bond acceptors (Lipinski definition) is 9. The van der Waals surface area contributed by atoms with Crippen molar-refractivity contribution >= 4 is 69.1 Å². The molecule has 0 N–H and O–H groups in total. The summed E-state index contributed by atoms with van der Waals surface area (Å²) >= 11 is 2.73. The molecule has 3 aliphatic rings. The molecular weight excluding hydrogens is 520 g/mol. The maximum absolute atomic E-state index is 12.7. The van der Waals surface area contributed by atoms with Gasteiger partial charge in [-0.2, -0.15) is 0 Å². The van der Waals surface area contributed by atoms with Crippen LogP contribution in [0.3, 0.4) is 0 Å². The van der Waals surface area contributed by atoms with Gasteiger partial charge in [-0.25, -0.2) is 9.97 Å². The van der Waals surface area contributed by atoms with Crippen molar-refractivity contribution in [1.29, 1.82) is 0 Å². The molecule has 0 fully saturated rings. The molecule has 0 spiro atoms. The zero-order valence-electron chi connectivity index (χ0n) is 20.0. The Labute approximate surface area is 224 Å². The number of nitrogens with zero attached hydrogens (tertiary/aromatic N) is 2. The van der Waals surface area contributed by atoms with E-state index in [-0.39, 0.29) is 0 Å². The van der Waals surface area contributed by atoms with Crippen LogP contribution in [0.2, 0.25) is 0 Å². The number of aromatic nitrogens is 2. The molecule has 0 saturated heterocycles. The van der Waals surface area contributed by atoms with Gasteiger partial charge in [-0.05, 0) is 37.1 Å². The second-order valence-electron chi connectivity index (χ2n) is 9.55. The van der Waals surface area contributed by atoms with Crippen molar-refractivity contribution in [2.24, 2.45) is 0 Å². The lowest BCUT2D eigenvalue weighted by atomic mass is 10.0. The number of allylic oxidation sites excluding steroid dienone is 2. The van der Waals surface area contributed by atoms with Gasteiger partial charge in [0, 0.05) is 22.3 Å². The summed E-state index contributed by atoms with van der Waals surface area (Å²) < 4.78 is 6.21. The van der Waals surface area contributed by atoms with Crippen molar-refractivity contribution in [3.63, 3.8) is 0 Å². The number of rotatable bonds is 2. The van der Waals surface area contributed by atoms with Gasteiger partial charge in [0.15, 0.2) is 0 Å². The van der Waals surface area contributed by atoms with E-state index in [2.05, 4.69) is 4.98 Å². The van der Waals surface area contributed by atoms with E-state index in [0.717, 1.165) is 9.75 Å². The Morgan fingerprint density at radius 1 is 0.658 bits per heavy atom. The monoisotopic (exact) mass is 536 g/mol. The Morgan fingerprint density at radius 3 is 1.68 bits per heavy atom. The lowest BCUT2D eigenvalue weighted by Gasteiger charge is -2.28. The third-order valence-corrected chi connectivity index (χ3v) is 8.90. The predicted octanol–water partition coefficient (Wildman–Crippen LogP) is 5.51. The highest BCUT2D eigenvalue weighted by molar-refractivity contribution is 7.23. The topological polar surface area (TPSA) is 103 Å². The summed E-state index contributed by atoms with van der Waals surface area (Å²) in [6, 6.07) is 13.9. The van der Waals surface area contributed by atoms with Gasteiger partial charge in [0.1, 0.15) is 26.2 Å². The van der Waals surface area contributed by atoms with Gasteiger partial charge in [-0.1, -0.05) is 48.5 Å². The van der Waals surface area contributed by atoms with Crippen LogP contribution in [-0.4, -0.2) is 33.1 Å². The first-order valence-electron chi connectivity index (χ1n) is 11.7. The van der Waals surface area contributed by atoms with E-state index in [4.69, 9.17) is 9.72 Å². The number of thiazole rings is 2. The molecule has 0 saturated carbocycles. The molecular formula is C29H16N2O5S2. The Morgan fingerprint density at radius 2 is 1.13 bits per heavy atom. The van der Waals surface area contributed by atoms with Crippen LogP contribution in [0, 0.1) is 0 Å². The quantitative estimate of drug-likeness (QED) is 0.246. The molecule has 0 radical (unpaired) electrons. The second kappa shape index (κ2) is 7.83. The summed E-state index contributed by atoms with van der Waals surface area (Å²) in [5, 5.41) is 1.11. The van der Waals surface area contributed by atoms with Gasteiger partial charge in [0.2, 0.25) is 29.0 Å². The van der Waals surface area contributed by atoms with Crippen LogP contribution in [0.15, 0.2) is 48.5 Å². The van der Waals surface area contributed by atoms with E-state index in [9.17, 15) is 19.2 Å². The van der Waals surface area contributed by atoms with Gasteiger partial charge in [-0.3, -0.25) is 19.2 Å². The average Bonchev–Trinajstić information content (AvgIpc) is 3.63. The van der Waals surface area contributed by atoms with Crippen molar-refractivity contribution in [3.8, 4) is 15.6 Å². The van der Waals surface area contributed by atoms with Crippen LogP contribution in [0.4, 0.5) is 0 Å². The van der Waals surface area contributed by atoms with E-state index >= 15 is 0 Å². The molecule has 1 aliphatic heterocycles. The fourth-order valence-corrected chi connectivity index (χ4v) is 7.17. The van der Waals surface area contributed by atoms with Crippen molar-refractivity contribution in [3.05, 3.63) is 86.5 Å². The molecule has 4 aromatic rings. The molecule has 2 aromatic heterocycles. The van der Waals surface area contributed by atoms with Gasteiger partial charge >= 0.3 is 0 Å². The highest BCUT2D eigenvalue weighted by Crippen LogP contribution is 2.51. The van der Waals surface area contributed by atoms with Gasteiger partial charge in [0.25, 0.3) is 0 Å². The molecule has 0 amide bonds. The summed E-state index contributed by atoms with van der Waals surface area (Å²) in [6.45, 7) is 3.77. The first kappa shape index (κ1) is 22.8. The van der Waals surface area contributed by atoms with Crippen molar-refractivity contribution in [2.45, 2.75) is 19.4 Å². The Bertz CT molecular complexity index is 1850. The zero-order valence-corrected chi connectivity index (χ0v) is 21.7. The number of ketones is 4. The molecule has 184 valence electrons. The third kappa shape index (κ3) is 3.19. The normalized spacial score (nSPS) is 19.0. The summed E-state index contributed by atoms with van der Waals surface area (Å²) in [5.41, 5.74) is 2.54. The minimum atomic E-state index is -0.798. The van der Waals surface area contributed by atoms with Crippen molar-refractivity contribution < 1.29 is 23.9 Å². The molecule has 9 heteroatoms. The number of carbonyl (C=O) groups is 4.